The third kappa shape index (κ3) is 4.46. The summed E-state index contributed by atoms with van der Waals surface area (Å²) in [7, 11) is -2.62. The number of methoxy groups -OCH3 is 1. The molecule has 3 aromatic rings. The lowest BCUT2D eigenvalue weighted by molar-refractivity contribution is 0.352. The number of aryl methyl sites for hydroxylation is 1. The largest absolute Gasteiger partial charge is 0.495 e. The molecule has 1 saturated heterocycles. The van der Waals surface area contributed by atoms with Gasteiger partial charge in [0.2, 0.25) is 0 Å². The summed E-state index contributed by atoms with van der Waals surface area (Å²) >= 11 is 6.41. The number of hydrogen-bond acceptors (Lipinski definition) is 6. The van der Waals surface area contributed by atoms with Gasteiger partial charge in [0.1, 0.15) is 10.6 Å². The van der Waals surface area contributed by atoms with E-state index in [1.54, 1.807) is 42.7 Å². The zero-order valence-electron chi connectivity index (χ0n) is 17.6. The fraction of sp³-hybridized carbons (Fsp3) is 0.364. The Hall–Kier alpha value is -2.42. The number of ether oxygens (including phenoxy) is 1. The molecule has 0 radical (unpaired) electrons. The van der Waals surface area contributed by atoms with Gasteiger partial charge >= 0.3 is 0 Å². The summed E-state index contributed by atoms with van der Waals surface area (Å²) in [4.78, 5) is 2.42. The van der Waals surface area contributed by atoms with Crippen molar-refractivity contribution >= 4 is 44.1 Å². The topological polar surface area (TPSA) is 75.0 Å². The molecule has 1 fully saturated rings. The number of rotatable bonds is 8. The third-order valence-corrected chi connectivity index (χ3v) is 7.74. The average molecular weight is 464 g/mol. The van der Waals surface area contributed by atoms with Crippen molar-refractivity contribution in [1.82, 2.24) is 4.90 Å². The monoisotopic (exact) mass is 463 g/mol. The second kappa shape index (κ2) is 8.98. The fourth-order valence-electron chi connectivity index (χ4n) is 3.86. The zero-order chi connectivity index (χ0) is 22.0. The van der Waals surface area contributed by atoms with E-state index in [2.05, 4.69) is 10.2 Å². The van der Waals surface area contributed by atoms with Crippen molar-refractivity contribution < 1.29 is 17.6 Å². The summed E-state index contributed by atoms with van der Waals surface area (Å²) < 4.78 is 38.3. The predicted octanol–water partition coefficient (Wildman–Crippen LogP) is 4.61. The van der Waals surface area contributed by atoms with Crippen molar-refractivity contribution in [2.75, 3.05) is 42.4 Å². The number of nitrogens with zero attached hydrogens (tertiary/aromatic N) is 2. The minimum atomic E-state index is -4.05. The van der Waals surface area contributed by atoms with Gasteiger partial charge in [0.15, 0.2) is 5.58 Å². The number of furan rings is 1. The van der Waals surface area contributed by atoms with E-state index in [-0.39, 0.29) is 10.6 Å². The minimum Gasteiger partial charge on any atom is -0.495 e. The molecule has 7 nitrogen and oxygen atoms in total. The molecule has 0 amide bonds. The fourth-order valence-corrected chi connectivity index (χ4v) is 5.48. The van der Waals surface area contributed by atoms with Crippen LogP contribution in [0.3, 0.4) is 0 Å². The number of benzene rings is 2. The molecular formula is C22H26ClN3O4S. The van der Waals surface area contributed by atoms with Crippen LogP contribution in [0.15, 0.2) is 52.0 Å². The Bertz CT molecular complexity index is 1170. The molecular weight excluding hydrogens is 438 g/mol. The van der Waals surface area contributed by atoms with E-state index in [1.807, 2.05) is 6.92 Å². The Morgan fingerprint density at radius 1 is 1.19 bits per heavy atom. The summed E-state index contributed by atoms with van der Waals surface area (Å²) in [5.41, 5.74) is 2.48. The SMILES string of the molecule is COc1ccc(C)cc1S(=O)(=O)N(Cl)c1cc(NCCN2CCCC2)c2occc2c1. The zero-order valence-corrected chi connectivity index (χ0v) is 19.2. The lowest BCUT2D eigenvalue weighted by Gasteiger charge is -2.20. The summed E-state index contributed by atoms with van der Waals surface area (Å²) in [6, 6.07) is 10.1. The first kappa shape index (κ1) is 21.8. The number of halogens is 1. The molecule has 2 aromatic carbocycles. The van der Waals surface area contributed by atoms with Crippen molar-refractivity contribution in [2.45, 2.75) is 24.7 Å². The molecule has 31 heavy (non-hydrogen) atoms. The molecule has 1 aliphatic heterocycles. The molecule has 1 N–H and O–H groups in total. The highest BCUT2D eigenvalue weighted by atomic mass is 35.5. The standard InChI is InChI=1S/C22H26ClN3O4S/c1-16-5-6-20(29-2)21(13-16)31(27,28)26(23)18-14-17-7-12-30-22(17)19(15-18)24-8-11-25-9-3-4-10-25/h5-7,12-15,24H,3-4,8-11H2,1-2H3. The summed E-state index contributed by atoms with van der Waals surface area (Å²) in [6.45, 7) is 5.68. The van der Waals surface area contributed by atoms with Gasteiger partial charge in [-0.2, -0.15) is 12.2 Å². The maximum absolute atomic E-state index is 13.3. The van der Waals surface area contributed by atoms with Gasteiger partial charge in [-0.1, -0.05) is 6.07 Å². The minimum absolute atomic E-state index is 0.0147. The van der Waals surface area contributed by atoms with Crippen LogP contribution in [0.4, 0.5) is 11.4 Å². The van der Waals surface area contributed by atoms with Crippen LogP contribution in [0, 0.1) is 6.92 Å². The van der Waals surface area contributed by atoms with Crippen LogP contribution >= 0.6 is 11.8 Å². The molecule has 0 bridgehead atoms. The van der Waals surface area contributed by atoms with E-state index in [1.165, 1.54) is 20.0 Å². The smallest absolute Gasteiger partial charge is 0.281 e. The predicted molar refractivity (Wildman–Crippen MR) is 124 cm³/mol. The van der Waals surface area contributed by atoms with Gasteiger partial charge in [-0.25, -0.2) is 0 Å². The van der Waals surface area contributed by atoms with Crippen LogP contribution in [-0.4, -0.2) is 46.6 Å². The molecule has 1 aromatic heterocycles. The highest BCUT2D eigenvalue weighted by molar-refractivity contribution is 7.94. The van der Waals surface area contributed by atoms with Gasteiger partial charge in [-0.05, 0) is 68.8 Å². The summed E-state index contributed by atoms with van der Waals surface area (Å²) in [5, 5.41) is 4.14. The maximum Gasteiger partial charge on any atom is 0.281 e. The molecule has 1 aliphatic rings. The molecule has 0 atom stereocenters. The third-order valence-electron chi connectivity index (χ3n) is 5.49. The Morgan fingerprint density at radius 2 is 1.97 bits per heavy atom. The second-order valence-electron chi connectivity index (χ2n) is 7.68. The molecule has 0 saturated carbocycles. The van der Waals surface area contributed by atoms with Crippen LogP contribution in [0.5, 0.6) is 5.75 Å². The second-order valence-corrected chi connectivity index (χ2v) is 9.98. The quantitative estimate of drug-likeness (QED) is 0.492. The molecule has 166 valence electrons. The van der Waals surface area contributed by atoms with Gasteiger partial charge < -0.3 is 19.4 Å². The van der Waals surface area contributed by atoms with Crippen LogP contribution < -0.4 is 13.9 Å². The van der Waals surface area contributed by atoms with Crippen molar-refractivity contribution in [3.8, 4) is 5.75 Å². The first-order valence-electron chi connectivity index (χ1n) is 10.2. The molecule has 4 rings (SSSR count). The van der Waals surface area contributed by atoms with E-state index in [0.717, 1.165) is 41.0 Å². The van der Waals surface area contributed by atoms with Crippen molar-refractivity contribution in [1.29, 1.82) is 0 Å². The Labute approximate surface area is 187 Å². The maximum atomic E-state index is 13.3. The first-order chi connectivity index (χ1) is 14.9. The van der Waals surface area contributed by atoms with Crippen LogP contribution in [0.1, 0.15) is 18.4 Å². The number of sulfonamides is 1. The van der Waals surface area contributed by atoms with Crippen molar-refractivity contribution in [3.63, 3.8) is 0 Å². The van der Waals surface area contributed by atoms with E-state index in [4.69, 9.17) is 20.9 Å². The molecule has 0 spiro atoms. The molecule has 9 heteroatoms. The summed E-state index contributed by atoms with van der Waals surface area (Å²) in [6.07, 6.45) is 4.05. The van der Waals surface area contributed by atoms with Gasteiger partial charge in [-0.15, -0.1) is 0 Å². The highest BCUT2D eigenvalue weighted by Crippen LogP contribution is 2.36. The highest BCUT2D eigenvalue weighted by Gasteiger charge is 2.28. The van der Waals surface area contributed by atoms with Crippen LogP contribution in [0.25, 0.3) is 11.0 Å². The van der Waals surface area contributed by atoms with Gasteiger partial charge in [0.25, 0.3) is 10.0 Å². The van der Waals surface area contributed by atoms with E-state index in [0.29, 0.717) is 17.0 Å². The molecule has 0 unspecified atom stereocenters. The Morgan fingerprint density at radius 3 is 2.71 bits per heavy atom. The number of hydrogen-bond donors (Lipinski definition) is 1. The molecule has 0 aliphatic carbocycles. The van der Waals surface area contributed by atoms with Gasteiger partial charge in [-0.3, -0.25) is 0 Å². The van der Waals surface area contributed by atoms with Gasteiger partial charge in [0, 0.05) is 30.3 Å². The number of likely N-dealkylation sites (tertiary alicyclic amines) is 1. The van der Waals surface area contributed by atoms with E-state index < -0.39 is 10.0 Å². The number of nitrogens with one attached hydrogen (secondary N) is 1. The normalized spacial score (nSPS) is 14.8. The van der Waals surface area contributed by atoms with Crippen LogP contribution in [-0.2, 0) is 10.0 Å². The summed E-state index contributed by atoms with van der Waals surface area (Å²) in [5.74, 6) is 0.240. The number of fused-ring (bicyclic) bond motifs is 1. The lowest BCUT2D eigenvalue weighted by atomic mass is 10.2. The number of anilines is 2. The average Bonchev–Trinajstić information content (AvgIpc) is 3.45. The van der Waals surface area contributed by atoms with Crippen molar-refractivity contribution in [2.24, 2.45) is 0 Å². The Balaban J connectivity index is 1.64. The first-order valence-corrected chi connectivity index (χ1v) is 12.0. The van der Waals surface area contributed by atoms with Crippen molar-refractivity contribution in [3.05, 3.63) is 48.2 Å². The molecule has 2 heterocycles. The van der Waals surface area contributed by atoms with Gasteiger partial charge in [0.05, 0.1) is 24.7 Å². The van der Waals surface area contributed by atoms with E-state index >= 15 is 0 Å². The van der Waals surface area contributed by atoms with Crippen LogP contribution in [0.2, 0.25) is 0 Å². The lowest BCUT2D eigenvalue weighted by Crippen LogP contribution is -2.26. The van der Waals surface area contributed by atoms with E-state index in [9.17, 15) is 8.42 Å². The Kier molecular flexibility index (Phi) is 6.31.